The Morgan fingerprint density at radius 2 is 2.06 bits per heavy atom. The molecule has 0 saturated heterocycles. The van der Waals surface area contributed by atoms with Crippen LogP contribution < -0.4 is 11.2 Å². The molecule has 184 valence electrons. The quantitative estimate of drug-likeness (QED) is 0.394. The second-order valence-electron chi connectivity index (χ2n) is 8.53. The predicted molar refractivity (Wildman–Crippen MR) is 133 cm³/mol. The molecule has 2 aliphatic rings. The molecule has 2 aliphatic heterocycles. The van der Waals surface area contributed by atoms with Crippen molar-refractivity contribution in [3.63, 3.8) is 0 Å². The number of hydrogen-bond acceptors (Lipinski definition) is 8. The summed E-state index contributed by atoms with van der Waals surface area (Å²) in [7, 11) is 1.83. The number of nitrogens with two attached hydrogens (primary N) is 1. The fraction of sp³-hybridized carbons (Fsp3) is 0.208. The van der Waals surface area contributed by atoms with Gasteiger partial charge in [-0.25, -0.2) is 5.84 Å². The van der Waals surface area contributed by atoms with Crippen LogP contribution in [0.4, 0.5) is 0 Å². The van der Waals surface area contributed by atoms with Gasteiger partial charge in [0.05, 0.1) is 11.9 Å². The molecule has 3 aromatic rings. The summed E-state index contributed by atoms with van der Waals surface area (Å²) in [6.45, 7) is 0.844. The van der Waals surface area contributed by atoms with Gasteiger partial charge in [0.2, 0.25) is 5.91 Å². The van der Waals surface area contributed by atoms with Crippen molar-refractivity contribution in [2.45, 2.75) is 12.5 Å². The molecule has 2 aromatic carbocycles. The number of nitrogens with one attached hydrogen (secondary N) is 1. The summed E-state index contributed by atoms with van der Waals surface area (Å²) in [5.74, 6) is 5.79. The Balaban J connectivity index is 1.44. The first-order valence-electron chi connectivity index (χ1n) is 11.3. The average Bonchev–Trinajstić information content (AvgIpc) is 3.51. The summed E-state index contributed by atoms with van der Waals surface area (Å²) in [4.78, 5) is 30.4. The second kappa shape index (κ2) is 9.80. The minimum Gasteiger partial charge on any atom is -0.341 e. The molecule has 0 radical (unpaired) electrons. The Morgan fingerprint density at radius 3 is 2.81 bits per heavy atom. The highest BCUT2D eigenvalue weighted by molar-refractivity contribution is 6.30. The Hall–Kier alpha value is -4.22. The van der Waals surface area contributed by atoms with Crippen LogP contribution in [0.2, 0.25) is 5.02 Å². The van der Waals surface area contributed by atoms with E-state index in [9.17, 15) is 9.59 Å². The molecule has 3 heterocycles. The van der Waals surface area contributed by atoms with Crippen LogP contribution in [0.5, 0.6) is 0 Å². The van der Waals surface area contributed by atoms with Crippen LogP contribution in [0, 0.1) is 0 Å². The fourth-order valence-corrected chi connectivity index (χ4v) is 4.60. The largest absolute Gasteiger partial charge is 0.341 e. The van der Waals surface area contributed by atoms with Gasteiger partial charge >= 0.3 is 0 Å². The predicted octanol–water partition coefficient (Wildman–Crippen LogP) is 1.45. The van der Waals surface area contributed by atoms with E-state index >= 15 is 0 Å². The molecule has 11 nitrogen and oxygen atoms in total. The molecule has 2 amide bonds. The van der Waals surface area contributed by atoms with Gasteiger partial charge in [-0.1, -0.05) is 35.9 Å². The minimum absolute atomic E-state index is 0.304. The van der Waals surface area contributed by atoms with E-state index in [1.807, 2.05) is 36.2 Å². The molecule has 5 rings (SSSR count). The minimum atomic E-state index is -0.799. The van der Waals surface area contributed by atoms with Gasteiger partial charge in [0.25, 0.3) is 5.91 Å². The van der Waals surface area contributed by atoms with Crippen LogP contribution in [0.1, 0.15) is 22.7 Å². The maximum Gasteiger partial charge on any atom is 0.252 e. The smallest absolute Gasteiger partial charge is 0.252 e. The third kappa shape index (κ3) is 4.66. The van der Waals surface area contributed by atoms with Gasteiger partial charge in [-0.2, -0.15) is 4.68 Å². The summed E-state index contributed by atoms with van der Waals surface area (Å²) in [5, 5.41) is 16.2. The zero-order valence-electron chi connectivity index (χ0n) is 19.5. The summed E-state index contributed by atoms with van der Waals surface area (Å²) in [5.41, 5.74) is 3.15. The van der Waals surface area contributed by atoms with Crippen LogP contribution in [0.15, 0.2) is 66.9 Å². The number of fused-ring (bicyclic) bond motifs is 1. The maximum atomic E-state index is 13.5. The summed E-state index contributed by atoms with van der Waals surface area (Å²) in [6.07, 6.45) is 6.85. The summed E-state index contributed by atoms with van der Waals surface area (Å²) in [6, 6.07) is 12.1. The number of nitrogens with zero attached hydrogens (tertiary/aromatic N) is 7. The number of carbonyl (C=O) groups excluding carboxylic acids is 2. The monoisotopic (exact) mass is 505 g/mol. The van der Waals surface area contributed by atoms with Crippen molar-refractivity contribution in [2.24, 2.45) is 5.84 Å². The number of rotatable bonds is 5. The van der Waals surface area contributed by atoms with E-state index in [1.54, 1.807) is 35.4 Å². The Morgan fingerprint density at radius 1 is 1.22 bits per heavy atom. The van der Waals surface area contributed by atoms with Crippen LogP contribution >= 0.6 is 11.6 Å². The Labute approximate surface area is 212 Å². The van der Waals surface area contributed by atoms with Gasteiger partial charge in [0.15, 0.2) is 0 Å². The maximum absolute atomic E-state index is 13.5. The molecule has 0 aliphatic carbocycles. The number of hydrazine groups is 1. The third-order valence-electron chi connectivity index (χ3n) is 6.13. The molecular weight excluding hydrogens is 482 g/mol. The molecule has 0 fully saturated rings. The van der Waals surface area contributed by atoms with Crippen LogP contribution in [-0.2, 0) is 16.0 Å². The highest BCUT2D eigenvalue weighted by Crippen LogP contribution is 2.31. The van der Waals surface area contributed by atoms with Crippen LogP contribution in [-0.4, -0.2) is 67.1 Å². The zero-order valence-corrected chi connectivity index (χ0v) is 20.2. The lowest BCUT2D eigenvalue weighted by Gasteiger charge is -2.36. The van der Waals surface area contributed by atoms with Crippen molar-refractivity contribution in [2.75, 3.05) is 20.3 Å². The Bertz CT molecular complexity index is 1360. The number of halogens is 1. The van der Waals surface area contributed by atoms with Gasteiger partial charge < -0.3 is 15.1 Å². The van der Waals surface area contributed by atoms with Crippen molar-refractivity contribution in [3.05, 3.63) is 88.6 Å². The molecular formula is C24H24ClN9O2. The van der Waals surface area contributed by atoms with Crippen molar-refractivity contribution in [1.29, 1.82) is 0 Å². The van der Waals surface area contributed by atoms with Crippen LogP contribution in [0.3, 0.4) is 0 Å². The number of benzene rings is 2. The molecule has 1 atom stereocenters. The van der Waals surface area contributed by atoms with Gasteiger partial charge in [0.1, 0.15) is 24.9 Å². The van der Waals surface area contributed by atoms with Crippen LogP contribution in [0.25, 0.3) is 11.8 Å². The van der Waals surface area contributed by atoms with E-state index in [2.05, 4.69) is 20.8 Å². The van der Waals surface area contributed by atoms with Crippen molar-refractivity contribution >= 4 is 29.5 Å². The zero-order chi connectivity index (χ0) is 25.2. The van der Waals surface area contributed by atoms with Crippen molar-refractivity contribution in [3.8, 4) is 5.69 Å². The summed E-state index contributed by atoms with van der Waals surface area (Å²) >= 11 is 6.20. The highest BCUT2D eigenvalue weighted by Gasteiger charge is 2.36. The SMILES string of the molecule is CN1CN(N)C=C1NC(=O)[C@@H]1c2ccccc2CCN1C(=O)/C=C/c1cc(Cl)ccc1-n1cnnn1. The van der Waals surface area contributed by atoms with Crippen molar-refractivity contribution < 1.29 is 9.59 Å². The lowest BCUT2D eigenvalue weighted by atomic mass is 9.91. The normalized spacial score (nSPS) is 17.4. The van der Waals surface area contributed by atoms with E-state index < -0.39 is 6.04 Å². The van der Waals surface area contributed by atoms with Gasteiger partial charge in [-0.05, 0) is 52.2 Å². The number of carbonyl (C=O) groups is 2. The molecule has 12 heteroatoms. The highest BCUT2D eigenvalue weighted by atomic mass is 35.5. The molecule has 3 N–H and O–H groups in total. The van der Waals surface area contributed by atoms with E-state index in [0.29, 0.717) is 41.7 Å². The topological polar surface area (TPSA) is 126 Å². The first kappa shape index (κ1) is 23.5. The van der Waals surface area contributed by atoms with Gasteiger partial charge in [-0.3, -0.25) is 14.6 Å². The second-order valence-corrected chi connectivity index (χ2v) is 8.97. The number of tetrazole rings is 1. The van der Waals surface area contributed by atoms with Gasteiger partial charge in [0, 0.05) is 30.3 Å². The van der Waals surface area contributed by atoms with Crippen molar-refractivity contribution in [1.82, 2.24) is 40.3 Å². The number of aromatic nitrogens is 4. The average molecular weight is 506 g/mol. The standard InChI is InChI=1S/C24H24ClN9O2/c1-31-15-32(26)13-21(31)28-24(36)23-19-5-3-2-4-16(19)10-11-33(23)22(35)9-6-17-12-18(25)7-8-20(17)34-14-27-29-30-34/h2-9,12-14,23H,10-11,15,26H2,1H3,(H,28,36)/b9-6+/t23-/m0/s1. The first-order chi connectivity index (χ1) is 17.4. The number of amides is 2. The Kier molecular flexibility index (Phi) is 6.40. The van der Waals surface area contributed by atoms with Gasteiger partial charge in [-0.15, -0.1) is 5.10 Å². The van der Waals surface area contributed by atoms with E-state index in [1.165, 1.54) is 22.1 Å². The lowest BCUT2D eigenvalue weighted by Crippen LogP contribution is -2.47. The fourth-order valence-electron chi connectivity index (χ4n) is 4.42. The summed E-state index contributed by atoms with van der Waals surface area (Å²) < 4.78 is 1.49. The molecule has 0 unspecified atom stereocenters. The molecule has 0 bridgehead atoms. The molecule has 36 heavy (non-hydrogen) atoms. The van der Waals surface area contributed by atoms with E-state index in [-0.39, 0.29) is 11.8 Å². The number of hydrogen-bond donors (Lipinski definition) is 2. The van der Waals surface area contributed by atoms with E-state index in [0.717, 1.165) is 11.1 Å². The third-order valence-corrected chi connectivity index (χ3v) is 6.37. The van der Waals surface area contributed by atoms with E-state index in [4.69, 9.17) is 17.4 Å². The molecule has 1 aromatic heterocycles. The molecule has 0 spiro atoms. The lowest BCUT2D eigenvalue weighted by molar-refractivity contribution is -0.137. The first-order valence-corrected chi connectivity index (χ1v) is 11.6. The molecule has 0 saturated carbocycles.